The second-order valence-corrected chi connectivity index (χ2v) is 6.88. The largest absolute Gasteiger partial charge is 0.389 e. The lowest BCUT2D eigenvalue weighted by Gasteiger charge is -2.27. The first-order valence-electron chi connectivity index (χ1n) is 8.37. The molecule has 130 valence electrons. The molecule has 2 aromatic rings. The molecule has 7 heteroatoms. The maximum absolute atomic E-state index is 12.6. The molecular weight excluding hydrogens is 340 g/mol. The van der Waals surface area contributed by atoms with Crippen molar-refractivity contribution in [1.82, 2.24) is 15.1 Å². The van der Waals surface area contributed by atoms with Crippen LogP contribution in [0.3, 0.4) is 0 Å². The average molecular weight is 359 g/mol. The van der Waals surface area contributed by atoms with Crippen LogP contribution in [-0.4, -0.2) is 38.9 Å². The molecule has 0 bridgehead atoms. The number of fused-ring (bicyclic) bond motifs is 1. The van der Waals surface area contributed by atoms with Crippen LogP contribution in [0.5, 0.6) is 0 Å². The number of nitrogens with one attached hydrogen (secondary N) is 2. The number of hydrogen-bond donors (Lipinski definition) is 3. The Morgan fingerprint density at radius 1 is 1.40 bits per heavy atom. The van der Waals surface area contributed by atoms with Crippen LogP contribution >= 0.6 is 11.6 Å². The SMILES string of the molecule is O=C(Nc1cccc(Cl)c1)N1CCc2[nH]nc(C3=CC(O)CC3)c2C1. The molecule has 6 nitrogen and oxygen atoms in total. The minimum absolute atomic E-state index is 0.152. The fourth-order valence-electron chi connectivity index (χ4n) is 3.40. The Morgan fingerprint density at radius 3 is 3.04 bits per heavy atom. The summed E-state index contributed by atoms with van der Waals surface area (Å²) in [6.45, 7) is 1.13. The number of hydrogen-bond acceptors (Lipinski definition) is 3. The summed E-state index contributed by atoms with van der Waals surface area (Å²) in [5.41, 5.74) is 4.74. The van der Waals surface area contributed by atoms with Crippen LogP contribution < -0.4 is 5.32 Å². The number of anilines is 1. The highest BCUT2D eigenvalue weighted by atomic mass is 35.5. The standard InChI is InChI=1S/C18H19ClN4O2/c19-12-2-1-3-13(9-12)20-18(25)23-7-6-16-15(10-23)17(22-21-16)11-4-5-14(24)8-11/h1-3,8-9,14,24H,4-7,10H2,(H,20,25)(H,21,22). The molecule has 1 aromatic carbocycles. The summed E-state index contributed by atoms with van der Waals surface area (Å²) in [5, 5.41) is 20.7. The maximum Gasteiger partial charge on any atom is 0.322 e. The van der Waals surface area contributed by atoms with Gasteiger partial charge in [-0.25, -0.2) is 4.79 Å². The van der Waals surface area contributed by atoms with Crippen LogP contribution in [0, 0.1) is 0 Å². The van der Waals surface area contributed by atoms with E-state index in [-0.39, 0.29) is 6.03 Å². The zero-order valence-corrected chi connectivity index (χ0v) is 14.4. The molecule has 3 N–H and O–H groups in total. The Balaban J connectivity index is 1.51. The summed E-state index contributed by atoms with van der Waals surface area (Å²) < 4.78 is 0. The second kappa shape index (κ2) is 6.54. The van der Waals surface area contributed by atoms with Crippen LogP contribution in [0.25, 0.3) is 5.57 Å². The molecule has 0 fully saturated rings. The molecule has 0 spiro atoms. The zero-order valence-electron chi connectivity index (χ0n) is 13.6. The van der Waals surface area contributed by atoms with Gasteiger partial charge in [-0.05, 0) is 36.6 Å². The summed E-state index contributed by atoms with van der Waals surface area (Å²) in [6, 6.07) is 6.96. The van der Waals surface area contributed by atoms with Crippen molar-refractivity contribution < 1.29 is 9.90 Å². The van der Waals surface area contributed by atoms with Gasteiger partial charge in [0.1, 0.15) is 0 Å². The van der Waals surface area contributed by atoms with Gasteiger partial charge in [0.05, 0.1) is 18.3 Å². The van der Waals surface area contributed by atoms with Crippen LogP contribution in [-0.2, 0) is 13.0 Å². The quantitative estimate of drug-likeness (QED) is 0.771. The monoisotopic (exact) mass is 358 g/mol. The Labute approximate surface area is 150 Å². The number of halogens is 1. The number of urea groups is 1. The number of H-pyrrole nitrogens is 1. The van der Waals surface area contributed by atoms with Crippen LogP contribution in [0.2, 0.25) is 5.02 Å². The number of aromatic amines is 1. The molecule has 1 unspecified atom stereocenters. The van der Waals surface area contributed by atoms with E-state index in [1.54, 1.807) is 23.1 Å². The normalized spacial score (nSPS) is 19.5. The molecule has 1 aromatic heterocycles. The van der Waals surface area contributed by atoms with Crippen molar-refractivity contribution in [2.75, 3.05) is 11.9 Å². The van der Waals surface area contributed by atoms with E-state index < -0.39 is 6.10 Å². The van der Waals surface area contributed by atoms with Crippen molar-refractivity contribution in [2.24, 2.45) is 0 Å². The van der Waals surface area contributed by atoms with E-state index in [0.717, 1.165) is 41.8 Å². The summed E-state index contributed by atoms with van der Waals surface area (Å²) in [7, 11) is 0. The minimum Gasteiger partial charge on any atom is -0.389 e. The van der Waals surface area contributed by atoms with Gasteiger partial charge in [-0.15, -0.1) is 0 Å². The van der Waals surface area contributed by atoms with Gasteiger partial charge in [-0.3, -0.25) is 5.10 Å². The molecule has 1 atom stereocenters. The van der Waals surface area contributed by atoms with E-state index in [1.807, 2.05) is 12.1 Å². The fourth-order valence-corrected chi connectivity index (χ4v) is 3.59. The summed E-state index contributed by atoms with van der Waals surface area (Å²) in [4.78, 5) is 14.4. The van der Waals surface area contributed by atoms with Crippen molar-refractivity contribution in [3.8, 4) is 0 Å². The van der Waals surface area contributed by atoms with Gasteiger partial charge in [0, 0.05) is 34.9 Å². The first kappa shape index (κ1) is 16.2. The van der Waals surface area contributed by atoms with E-state index in [2.05, 4.69) is 15.5 Å². The third-order valence-corrected chi connectivity index (χ3v) is 4.94. The third-order valence-electron chi connectivity index (χ3n) is 4.70. The van der Waals surface area contributed by atoms with E-state index >= 15 is 0 Å². The smallest absolute Gasteiger partial charge is 0.322 e. The first-order chi connectivity index (χ1) is 12.1. The number of allylic oxidation sites excluding steroid dienone is 1. The van der Waals surface area contributed by atoms with Crippen molar-refractivity contribution in [2.45, 2.75) is 31.9 Å². The number of carbonyl (C=O) groups is 1. The number of nitrogens with zero attached hydrogens (tertiary/aromatic N) is 2. The highest BCUT2D eigenvalue weighted by molar-refractivity contribution is 6.30. The van der Waals surface area contributed by atoms with E-state index in [9.17, 15) is 9.90 Å². The lowest BCUT2D eigenvalue weighted by atomic mass is 10.0. The van der Waals surface area contributed by atoms with Gasteiger partial charge in [-0.1, -0.05) is 23.7 Å². The number of aliphatic hydroxyl groups excluding tert-OH is 1. The topological polar surface area (TPSA) is 81.2 Å². The molecule has 4 rings (SSSR count). The Bertz CT molecular complexity index is 845. The minimum atomic E-state index is -0.395. The molecule has 0 saturated heterocycles. The van der Waals surface area contributed by atoms with Crippen molar-refractivity contribution in [3.05, 3.63) is 52.3 Å². The predicted molar refractivity (Wildman–Crippen MR) is 96.4 cm³/mol. The highest BCUT2D eigenvalue weighted by Crippen LogP contribution is 2.32. The molecule has 2 amide bonds. The van der Waals surface area contributed by atoms with Gasteiger partial charge >= 0.3 is 6.03 Å². The van der Waals surface area contributed by atoms with E-state index in [0.29, 0.717) is 23.8 Å². The number of benzene rings is 1. The second-order valence-electron chi connectivity index (χ2n) is 6.44. The number of aliphatic hydroxyl groups is 1. The van der Waals surface area contributed by atoms with Crippen molar-refractivity contribution in [1.29, 1.82) is 0 Å². The van der Waals surface area contributed by atoms with Crippen LogP contribution in [0.15, 0.2) is 30.3 Å². The van der Waals surface area contributed by atoms with Gasteiger partial charge in [0.2, 0.25) is 0 Å². The lowest BCUT2D eigenvalue weighted by molar-refractivity contribution is 0.206. The highest BCUT2D eigenvalue weighted by Gasteiger charge is 2.28. The van der Waals surface area contributed by atoms with Gasteiger partial charge in [0.15, 0.2) is 0 Å². The van der Waals surface area contributed by atoms with E-state index in [1.165, 1.54) is 0 Å². The van der Waals surface area contributed by atoms with Crippen molar-refractivity contribution in [3.63, 3.8) is 0 Å². The number of aromatic nitrogens is 2. The summed E-state index contributed by atoms with van der Waals surface area (Å²) in [5.74, 6) is 0. The van der Waals surface area contributed by atoms with Gasteiger partial charge in [-0.2, -0.15) is 5.10 Å². The summed E-state index contributed by atoms with van der Waals surface area (Å²) >= 11 is 5.97. The Morgan fingerprint density at radius 2 is 2.28 bits per heavy atom. The lowest BCUT2D eigenvalue weighted by Crippen LogP contribution is -2.39. The molecule has 1 aliphatic carbocycles. The Hall–Kier alpha value is -2.31. The Kier molecular flexibility index (Phi) is 4.23. The molecule has 25 heavy (non-hydrogen) atoms. The predicted octanol–water partition coefficient (Wildman–Crippen LogP) is 3.19. The number of amides is 2. The molecule has 0 saturated carbocycles. The van der Waals surface area contributed by atoms with E-state index in [4.69, 9.17) is 11.6 Å². The fraction of sp³-hybridized carbons (Fsp3) is 0.333. The molecular formula is C18H19ClN4O2. The van der Waals surface area contributed by atoms with Gasteiger partial charge < -0.3 is 15.3 Å². The third kappa shape index (κ3) is 3.27. The number of rotatable bonds is 2. The van der Waals surface area contributed by atoms with Crippen LogP contribution in [0.1, 0.15) is 29.8 Å². The molecule has 1 aliphatic heterocycles. The van der Waals surface area contributed by atoms with Crippen LogP contribution in [0.4, 0.5) is 10.5 Å². The van der Waals surface area contributed by atoms with Crippen molar-refractivity contribution >= 4 is 28.9 Å². The zero-order chi connectivity index (χ0) is 17.4. The summed E-state index contributed by atoms with van der Waals surface area (Å²) in [6.07, 6.45) is 3.75. The average Bonchev–Trinajstić information content (AvgIpc) is 3.20. The molecule has 2 heterocycles. The van der Waals surface area contributed by atoms with Gasteiger partial charge in [0.25, 0.3) is 0 Å². The molecule has 2 aliphatic rings. The molecule has 0 radical (unpaired) electrons. The first-order valence-corrected chi connectivity index (χ1v) is 8.74. The maximum atomic E-state index is 12.6. The number of carbonyl (C=O) groups excluding carboxylic acids is 1.